The molecule has 0 aliphatic carbocycles. The van der Waals surface area contributed by atoms with Crippen LogP contribution in [-0.4, -0.2) is 99.8 Å². The molecule has 42 heavy (non-hydrogen) atoms. The van der Waals surface area contributed by atoms with Crippen molar-refractivity contribution in [2.75, 3.05) is 23.8 Å². The second-order valence-corrected chi connectivity index (χ2v) is 12.5. The summed E-state index contributed by atoms with van der Waals surface area (Å²) < 4.78 is 6.55. The third kappa shape index (κ3) is 7.00. The van der Waals surface area contributed by atoms with E-state index in [9.17, 15) is 24.3 Å². The second kappa shape index (κ2) is 12.8. The number of nitrogens with zero attached hydrogens (tertiary/aromatic N) is 7. The number of nitrogen functional groups attached to an aromatic ring is 1. The van der Waals surface area contributed by atoms with Crippen LogP contribution in [0, 0.1) is 12.3 Å². The second-order valence-electron chi connectivity index (χ2n) is 9.60. The van der Waals surface area contributed by atoms with Gasteiger partial charge in [-0.25, -0.2) is 19.3 Å². The van der Waals surface area contributed by atoms with Crippen LogP contribution < -0.4 is 11.1 Å². The van der Waals surface area contributed by atoms with Gasteiger partial charge < -0.3 is 25.7 Å². The number of carbonyl (C=O) groups excluding carboxylic acids is 3. The van der Waals surface area contributed by atoms with E-state index < -0.39 is 47.4 Å². The third-order valence-corrected chi connectivity index (χ3v) is 8.45. The maximum atomic E-state index is 13.2. The van der Waals surface area contributed by atoms with Gasteiger partial charge in [-0.2, -0.15) is 0 Å². The standard InChI is InChI=1S/C23H25N9O7S3/c1-5-6-31-22(27-29-30-31)42-9-11-8-40-19-15(18(35)32(19)16(11)20(36)37)26-17(34)14(12-10-41-21(24)25-12)28-38-7-13(33)39-23(2,3)4/h1,10,15,19H,6-9H2,2-4H3,(H2,24,25)(H,26,34)(H,36,37)/b28-14-/t15?,19-/m1/s1. The summed E-state index contributed by atoms with van der Waals surface area (Å²) in [4.78, 5) is 60.8. The molecule has 1 unspecified atom stereocenters. The lowest BCUT2D eigenvalue weighted by molar-refractivity contribution is -0.160. The summed E-state index contributed by atoms with van der Waals surface area (Å²) in [5.41, 5.74) is 5.02. The Morgan fingerprint density at radius 2 is 2.14 bits per heavy atom. The molecule has 1 saturated heterocycles. The Bertz CT molecular complexity index is 1500. The van der Waals surface area contributed by atoms with Crippen LogP contribution in [0.1, 0.15) is 26.5 Å². The first-order valence-electron chi connectivity index (χ1n) is 12.1. The van der Waals surface area contributed by atoms with Crippen LogP contribution >= 0.6 is 34.9 Å². The van der Waals surface area contributed by atoms with Gasteiger partial charge in [-0.05, 0) is 36.8 Å². The number of ether oxygens (including phenoxy) is 1. The average Bonchev–Trinajstić information content (AvgIpc) is 3.55. The molecule has 4 N–H and O–H groups in total. The van der Waals surface area contributed by atoms with Gasteiger partial charge in [-0.3, -0.25) is 14.5 Å². The van der Waals surface area contributed by atoms with Crippen molar-refractivity contribution in [1.82, 2.24) is 35.4 Å². The van der Waals surface area contributed by atoms with Crippen molar-refractivity contribution < 1.29 is 33.9 Å². The van der Waals surface area contributed by atoms with Gasteiger partial charge in [0.25, 0.3) is 11.8 Å². The number of carboxylic acid groups (broad SMARTS) is 1. The van der Waals surface area contributed by atoms with E-state index in [1.165, 1.54) is 33.6 Å². The molecule has 2 aromatic rings. The number of thiazole rings is 1. The zero-order valence-corrected chi connectivity index (χ0v) is 24.9. The van der Waals surface area contributed by atoms with Gasteiger partial charge in [0, 0.05) is 16.9 Å². The highest BCUT2D eigenvalue weighted by molar-refractivity contribution is 8.01. The molecule has 2 aliphatic heterocycles. The van der Waals surface area contributed by atoms with Gasteiger partial charge in [0.15, 0.2) is 10.8 Å². The van der Waals surface area contributed by atoms with Crippen molar-refractivity contribution in [3.8, 4) is 12.3 Å². The molecule has 0 radical (unpaired) electrons. The van der Waals surface area contributed by atoms with Crippen LogP contribution in [0.2, 0.25) is 0 Å². The summed E-state index contributed by atoms with van der Waals surface area (Å²) in [6.07, 6.45) is 5.32. The molecular weight excluding hydrogens is 611 g/mol. The van der Waals surface area contributed by atoms with Crippen molar-refractivity contribution in [2.24, 2.45) is 5.16 Å². The minimum absolute atomic E-state index is 0.0664. The number of oxime groups is 1. The van der Waals surface area contributed by atoms with E-state index in [1.54, 1.807) is 20.8 Å². The van der Waals surface area contributed by atoms with E-state index in [2.05, 4.69) is 36.9 Å². The topological polar surface area (TPSA) is 217 Å². The van der Waals surface area contributed by atoms with Crippen LogP contribution in [0.3, 0.4) is 0 Å². The van der Waals surface area contributed by atoms with Crippen molar-refractivity contribution in [3.05, 3.63) is 22.3 Å². The van der Waals surface area contributed by atoms with E-state index in [0.717, 1.165) is 16.2 Å². The molecule has 2 amide bonds. The zero-order chi connectivity index (χ0) is 30.6. The minimum Gasteiger partial charge on any atom is -0.477 e. The van der Waals surface area contributed by atoms with Crippen molar-refractivity contribution in [2.45, 2.75) is 49.5 Å². The monoisotopic (exact) mass is 635 g/mol. The maximum absolute atomic E-state index is 13.2. The van der Waals surface area contributed by atoms with Gasteiger partial charge >= 0.3 is 11.9 Å². The number of aromatic nitrogens is 5. The Morgan fingerprint density at radius 3 is 2.79 bits per heavy atom. The number of anilines is 1. The predicted octanol–water partition coefficient (Wildman–Crippen LogP) is -0.0617. The number of hydrogen-bond donors (Lipinski definition) is 3. The minimum atomic E-state index is -1.28. The molecular formula is C23H25N9O7S3. The van der Waals surface area contributed by atoms with Crippen molar-refractivity contribution in [1.29, 1.82) is 0 Å². The number of thioether (sulfide) groups is 2. The quantitative estimate of drug-likeness (QED) is 0.0736. The number of tetrazole rings is 1. The summed E-state index contributed by atoms with van der Waals surface area (Å²) in [5, 5.41) is 28.9. The van der Waals surface area contributed by atoms with Crippen molar-refractivity contribution in [3.63, 3.8) is 0 Å². The Kier molecular flexibility index (Phi) is 9.38. The number of aliphatic carboxylic acids is 1. The number of esters is 1. The lowest BCUT2D eigenvalue weighted by atomic mass is 10.0. The van der Waals surface area contributed by atoms with Crippen LogP contribution in [0.4, 0.5) is 5.13 Å². The highest BCUT2D eigenvalue weighted by atomic mass is 32.2. The molecule has 4 rings (SSSR count). The van der Waals surface area contributed by atoms with Crippen LogP contribution in [-0.2, 0) is 35.3 Å². The number of rotatable bonds is 11. The van der Waals surface area contributed by atoms with Gasteiger partial charge in [0.05, 0.1) is 0 Å². The number of amides is 2. The SMILES string of the molecule is C#CCn1nnnc1SCC1=C(C(=O)O)N2C(=O)C(NC(=O)/C(=N\OCC(=O)OC(C)(C)C)c3csc(N)n3)[C@H]2SC1. The molecule has 1 fully saturated rings. The molecule has 16 nitrogen and oxygen atoms in total. The number of terminal acetylenes is 1. The molecule has 19 heteroatoms. The first kappa shape index (κ1) is 30.8. The number of hydrogen-bond acceptors (Lipinski definition) is 15. The number of carboxylic acids is 1. The average molecular weight is 636 g/mol. The predicted molar refractivity (Wildman–Crippen MR) is 152 cm³/mol. The molecule has 0 bridgehead atoms. The molecule has 2 aromatic heterocycles. The third-order valence-electron chi connectivity index (χ3n) is 5.39. The van der Waals surface area contributed by atoms with E-state index in [4.69, 9.17) is 21.7 Å². The smallest absolute Gasteiger partial charge is 0.352 e. The van der Waals surface area contributed by atoms with E-state index in [0.29, 0.717) is 10.7 Å². The van der Waals surface area contributed by atoms with Crippen LogP contribution in [0.5, 0.6) is 0 Å². The molecule has 0 aromatic carbocycles. The molecule has 2 aliphatic rings. The Morgan fingerprint density at radius 1 is 1.38 bits per heavy atom. The highest BCUT2D eigenvalue weighted by Crippen LogP contribution is 2.41. The van der Waals surface area contributed by atoms with Crippen molar-refractivity contribution >= 4 is 69.5 Å². The van der Waals surface area contributed by atoms with Crippen LogP contribution in [0.15, 0.2) is 27.0 Å². The fraction of sp³-hybridized carbons (Fsp3) is 0.435. The van der Waals surface area contributed by atoms with Crippen LogP contribution in [0.25, 0.3) is 0 Å². The summed E-state index contributed by atoms with van der Waals surface area (Å²) in [6, 6.07) is -1.05. The van der Waals surface area contributed by atoms with E-state index in [1.807, 2.05) is 0 Å². The summed E-state index contributed by atoms with van der Waals surface area (Å²) in [5.74, 6) is -0.539. The Labute approximate surface area is 251 Å². The fourth-order valence-corrected chi connectivity index (χ4v) is 6.67. The molecule has 4 heterocycles. The lowest BCUT2D eigenvalue weighted by Crippen LogP contribution is -2.71. The number of nitrogens with two attached hydrogens (primary N) is 1. The number of β-lactam (4-membered cyclic amide) rings is 1. The van der Waals surface area contributed by atoms with Gasteiger partial charge in [0.2, 0.25) is 11.8 Å². The Balaban J connectivity index is 1.46. The van der Waals surface area contributed by atoms with Gasteiger partial charge in [-0.15, -0.1) is 34.6 Å². The molecule has 0 saturated carbocycles. The highest BCUT2D eigenvalue weighted by Gasteiger charge is 2.54. The number of carbonyl (C=O) groups is 4. The first-order chi connectivity index (χ1) is 19.9. The lowest BCUT2D eigenvalue weighted by Gasteiger charge is -2.49. The first-order valence-corrected chi connectivity index (χ1v) is 15.0. The number of fused-ring (bicyclic) bond motifs is 1. The fourth-order valence-electron chi connectivity index (χ4n) is 3.76. The number of nitrogens with one attached hydrogen (secondary N) is 1. The summed E-state index contributed by atoms with van der Waals surface area (Å²) in [6.45, 7) is 4.63. The molecule has 222 valence electrons. The zero-order valence-electron chi connectivity index (χ0n) is 22.5. The van der Waals surface area contributed by atoms with E-state index >= 15 is 0 Å². The molecule has 0 spiro atoms. The molecule has 2 atom stereocenters. The largest absolute Gasteiger partial charge is 0.477 e. The summed E-state index contributed by atoms with van der Waals surface area (Å²) >= 11 is 3.52. The maximum Gasteiger partial charge on any atom is 0.352 e. The summed E-state index contributed by atoms with van der Waals surface area (Å²) in [7, 11) is 0. The normalized spacial score (nSPS) is 18.6. The van der Waals surface area contributed by atoms with E-state index in [-0.39, 0.29) is 40.3 Å². The Hall–Kier alpha value is -4.15. The van der Waals surface area contributed by atoms with Gasteiger partial charge in [0.1, 0.15) is 35.0 Å². The van der Waals surface area contributed by atoms with Gasteiger partial charge in [-0.1, -0.05) is 22.8 Å².